The average Bonchev–Trinajstić information content (AvgIpc) is 2.35. The van der Waals surface area contributed by atoms with Gasteiger partial charge in [0.05, 0.1) is 0 Å². The predicted molar refractivity (Wildman–Crippen MR) is 74.8 cm³/mol. The van der Waals surface area contributed by atoms with Gasteiger partial charge in [-0.15, -0.1) is 0 Å². The van der Waals surface area contributed by atoms with E-state index in [2.05, 4.69) is 36.5 Å². The summed E-state index contributed by atoms with van der Waals surface area (Å²) in [4.78, 5) is 0. The van der Waals surface area contributed by atoms with Crippen LogP contribution in [0.2, 0.25) is 5.02 Å². The Balaban J connectivity index is 1.94. The van der Waals surface area contributed by atoms with Crippen molar-refractivity contribution in [2.45, 2.75) is 20.0 Å². The number of hydrogen-bond acceptors (Lipinski definition) is 2. The zero-order valence-electron chi connectivity index (χ0n) is 10.3. The first-order chi connectivity index (χ1) is 8.66. The molecular formula is C15H16ClNO. The quantitative estimate of drug-likeness (QED) is 0.881. The third-order valence-corrected chi connectivity index (χ3v) is 3.20. The molecule has 0 bridgehead atoms. The van der Waals surface area contributed by atoms with Gasteiger partial charge in [-0.05, 0) is 24.6 Å². The summed E-state index contributed by atoms with van der Waals surface area (Å²) in [5.41, 5.74) is 3.21. The van der Waals surface area contributed by atoms with Crippen LogP contribution in [0.15, 0.2) is 42.5 Å². The minimum atomic E-state index is 0.235. The van der Waals surface area contributed by atoms with Crippen molar-refractivity contribution in [1.29, 1.82) is 0 Å². The zero-order valence-corrected chi connectivity index (χ0v) is 11.0. The Morgan fingerprint density at radius 2 is 1.78 bits per heavy atom. The fourth-order valence-corrected chi connectivity index (χ4v) is 2.00. The van der Waals surface area contributed by atoms with E-state index < -0.39 is 0 Å². The van der Waals surface area contributed by atoms with Gasteiger partial charge < -0.3 is 10.4 Å². The molecule has 18 heavy (non-hydrogen) atoms. The Kier molecular flexibility index (Phi) is 4.24. The van der Waals surface area contributed by atoms with E-state index in [0.717, 1.165) is 12.1 Å². The highest BCUT2D eigenvalue weighted by atomic mass is 35.5. The van der Waals surface area contributed by atoms with Crippen molar-refractivity contribution in [2.24, 2.45) is 0 Å². The molecule has 0 aliphatic rings. The van der Waals surface area contributed by atoms with Crippen molar-refractivity contribution in [2.75, 3.05) is 0 Å². The summed E-state index contributed by atoms with van der Waals surface area (Å²) < 4.78 is 0. The lowest BCUT2D eigenvalue weighted by molar-refractivity contribution is 0.464. The number of aryl methyl sites for hydroxylation is 1. The molecule has 0 unspecified atom stereocenters. The summed E-state index contributed by atoms with van der Waals surface area (Å²) in [5, 5.41) is 13.6. The number of benzene rings is 2. The molecule has 0 aromatic heterocycles. The van der Waals surface area contributed by atoms with E-state index >= 15 is 0 Å². The molecule has 0 saturated heterocycles. The highest BCUT2D eigenvalue weighted by Gasteiger charge is 2.05. The number of halogens is 1. The lowest BCUT2D eigenvalue weighted by Gasteiger charge is -2.09. The van der Waals surface area contributed by atoms with Crippen molar-refractivity contribution < 1.29 is 5.11 Å². The van der Waals surface area contributed by atoms with Crippen molar-refractivity contribution in [3.05, 3.63) is 64.2 Å². The second-order valence-corrected chi connectivity index (χ2v) is 4.73. The molecule has 0 saturated carbocycles. The number of nitrogens with one attached hydrogen (secondary N) is 1. The lowest BCUT2D eigenvalue weighted by Crippen LogP contribution is -2.13. The molecule has 0 fully saturated rings. The van der Waals surface area contributed by atoms with E-state index in [0.29, 0.717) is 11.6 Å². The molecule has 0 amide bonds. The van der Waals surface area contributed by atoms with E-state index in [1.165, 1.54) is 11.1 Å². The number of phenols is 1. The number of phenolic OH excluding ortho intramolecular Hbond substituents is 1. The van der Waals surface area contributed by atoms with Crippen molar-refractivity contribution >= 4 is 11.6 Å². The summed E-state index contributed by atoms with van der Waals surface area (Å²) in [7, 11) is 0. The van der Waals surface area contributed by atoms with Gasteiger partial charge in [-0.1, -0.05) is 47.5 Å². The van der Waals surface area contributed by atoms with Crippen LogP contribution in [0.1, 0.15) is 16.7 Å². The minimum absolute atomic E-state index is 0.235. The molecule has 2 nitrogen and oxygen atoms in total. The monoisotopic (exact) mass is 261 g/mol. The fourth-order valence-electron chi connectivity index (χ4n) is 1.76. The van der Waals surface area contributed by atoms with Gasteiger partial charge in [0.15, 0.2) is 0 Å². The lowest BCUT2D eigenvalue weighted by atomic mass is 10.1. The first-order valence-corrected chi connectivity index (χ1v) is 6.27. The van der Waals surface area contributed by atoms with Gasteiger partial charge in [0.1, 0.15) is 5.75 Å². The highest BCUT2D eigenvalue weighted by molar-refractivity contribution is 6.31. The normalized spacial score (nSPS) is 10.6. The van der Waals surface area contributed by atoms with Crippen LogP contribution >= 0.6 is 11.6 Å². The Morgan fingerprint density at radius 1 is 1.06 bits per heavy atom. The van der Waals surface area contributed by atoms with Crippen LogP contribution in [0.5, 0.6) is 5.75 Å². The summed E-state index contributed by atoms with van der Waals surface area (Å²) in [6.07, 6.45) is 0. The van der Waals surface area contributed by atoms with E-state index in [9.17, 15) is 5.11 Å². The molecule has 2 aromatic carbocycles. The Bertz CT molecular complexity index is 502. The van der Waals surface area contributed by atoms with Crippen LogP contribution in [0.3, 0.4) is 0 Å². The maximum Gasteiger partial charge on any atom is 0.121 e. The van der Waals surface area contributed by atoms with E-state index in [-0.39, 0.29) is 5.75 Å². The van der Waals surface area contributed by atoms with Crippen molar-refractivity contribution in [3.8, 4) is 5.75 Å². The largest absolute Gasteiger partial charge is 0.508 e. The van der Waals surface area contributed by atoms with Crippen LogP contribution in [-0.4, -0.2) is 5.11 Å². The van der Waals surface area contributed by atoms with Crippen LogP contribution in [-0.2, 0) is 13.1 Å². The molecule has 0 aliphatic heterocycles. The standard InChI is InChI=1S/C15H16ClNO/c1-11-5-7-12(8-6-11)9-17-10-13-14(16)3-2-4-15(13)18/h2-8,17-18H,9-10H2,1H3. The molecule has 0 radical (unpaired) electrons. The second kappa shape index (κ2) is 5.89. The number of hydrogen-bond donors (Lipinski definition) is 2. The topological polar surface area (TPSA) is 32.3 Å². The van der Waals surface area contributed by atoms with E-state index in [1.54, 1.807) is 18.2 Å². The maximum absolute atomic E-state index is 9.70. The second-order valence-electron chi connectivity index (χ2n) is 4.33. The van der Waals surface area contributed by atoms with Gasteiger partial charge in [-0.2, -0.15) is 0 Å². The summed E-state index contributed by atoms with van der Waals surface area (Å²) in [6.45, 7) is 3.38. The van der Waals surface area contributed by atoms with Crippen LogP contribution in [0, 0.1) is 6.92 Å². The maximum atomic E-state index is 9.70. The van der Waals surface area contributed by atoms with Crippen LogP contribution in [0.25, 0.3) is 0 Å². The summed E-state index contributed by atoms with van der Waals surface area (Å²) >= 11 is 6.03. The highest BCUT2D eigenvalue weighted by Crippen LogP contribution is 2.24. The first-order valence-electron chi connectivity index (χ1n) is 5.89. The molecule has 3 heteroatoms. The molecular weight excluding hydrogens is 246 g/mol. The molecule has 2 N–H and O–H groups in total. The predicted octanol–water partition coefficient (Wildman–Crippen LogP) is 3.64. The van der Waals surface area contributed by atoms with Gasteiger partial charge in [0, 0.05) is 23.7 Å². The Labute approximate surface area is 112 Å². The molecule has 94 valence electrons. The van der Waals surface area contributed by atoms with Gasteiger partial charge in [-0.25, -0.2) is 0 Å². The van der Waals surface area contributed by atoms with Crippen LogP contribution < -0.4 is 5.32 Å². The first kappa shape index (κ1) is 12.9. The average molecular weight is 262 g/mol. The molecule has 2 rings (SSSR count). The van der Waals surface area contributed by atoms with Crippen molar-refractivity contribution in [3.63, 3.8) is 0 Å². The van der Waals surface area contributed by atoms with E-state index in [1.807, 2.05) is 0 Å². The van der Waals surface area contributed by atoms with Gasteiger partial charge in [0.25, 0.3) is 0 Å². The third-order valence-electron chi connectivity index (χ3n) is 2.85. The minimum Gasteiger partial charge on any atom is -0.508 e. The molecule has 0 heterocycles. The zero-order chi connectivity index (χ0) is 13.0. The van der Waals surface area contributed by atoms with Gasteiger partial charge in [-0.3, -0.25) is 0 Å². The molecule has 2 aromatic rings. The van der Waals surface area contributed by atoms with E-state index in [4.69, 9.17) is 11.6 Å². The van der Waals surface area contributed by atoms with Gasteiger partial charge in [0.2, 0.25) is 0 Å². The SMILES string of the molecule is Cc1ccc(CNCc2c(O)cccc2Cl)cc1. The summed E-state index contributed by atoms with van der Waals surface area (Å²) in [5.74, 6) is 0.235. The third kappa shape index (κ3) is 3.25. The molecule has 0 atom stereocenters. The fraction of sp³-hybridized carbons (Fsp3) is 0.200. The molecule has 0 spiro atoms. The smallest absolute Gasteiger partial charge is 0.121 e. The van der Waals surface area contributed by atoms with Gasteiger partial charge >= 0.3 is 0 Å². The Morgan fingerprint density at radius 3 is 2.44 bits per heavy atom. The van der Waals surface area contributed by atoms with Crippen LogP contribution in [0.4, 0.5) is 0 Å². The Hall–Kier alpha value is -1.51. The number of aromatic hydroxyl groups is 1. The summed E-state index contributed by atoms with van der Waals surface area (Å²) in [6, 6.07) is 13.5. The molecule has 0 aliphatic carbocycles. The van der Waals surface area contributed by atoms with Crippen molar-refractivity contribution in [1.82, 2.24) is 5.32 Å². The number of rotatable bonds is 4.